The van der Waals surface area contributed by atoms with Crippen LogP contribution in [0.15, 0.2) is 47.1 Å². The molecule has 3 aromatic rings. The van der Waals surface area contributed by atoms with Crippen LogP contribution in [0.5, 0.6) is 5.75 Å². The van der Waals surface area contributed by atoms with E-state index < -0.39 is 0 Å². The maximum absolute atomic E-state index is 12.5. The molecule has 2 aromatic heterocycles. The molecule has 0 saturated heterocycles. The van der Waals surface area contributed by atoms with Gasteiger partial charge in [0.15, 0.2) is 5.69 Å². The number of nitrogens with one attached hydrogen (secondary N) is 1. The summed E-state index contributed by atoms with van der Waals surface area (Å²) in [4.78, 5) is 16.6. The molecule has 6 nitrogen and oxygen atoms in total. The molecule has 1 amide bonds. The van der Waals surface area contributed by atoms with Gasteiger partial charge in [0, 0.05) is 6.20 Å². The Morgan fingerprint density at radius 2 is 1.96 bits per heavy atom. The van der Waals surface area contributed by atoms with Crippen LogP contribution in [0.3, 0.4) is 0 Å². The van der Waals surface area contributed by atoms with Gasteiger partial charge in [-0.2, -0.15) is 0 Å². The van der Waals surface area contributed by atoms with E-state index in [1.165, 1.54) is 0 Å². The second-order valence-corrected chi connectivity index (χ2v) is 5.84. The maximum Gasteiger partial charge on any atom is 0.279 e. The monoisotopic (exact) mass is 337 g/mol. The summed E-state index contributed by atoms with van der Waals surface area (Å²) in [6.07, 6.45) is 1.64. The molecule has 1 N–H and O–H groups in total. The van der Waals surface area contributed by atoms with Gasteiger partial charge in [-0.15, -0.1) is 0 Å². The van der Waals surface area contributed by atoms with Gasteiger partial charge in [0.1, 0.15) is 23.9 Å². The normalized spacial score (nSPS) is 10.5. The number of carbonyl (C=O) groups is 1. The molecule has 0 radical (unpaired) electrons. The molecule has 25 heavy (non-hydrogen) atoms. The third-order valence-corrected chi connectivity index (χ3v) is 3.73. The van der Waals surface area contributed by atoms with Crippen molar-refractivity contribution in [2.24, 2.45) is 0 Å². The van der Waals surface area contributed by atoms with Crippen LogP contribution in [0.25, 0.3) is 0 Å². The van der Waals surface area contributed by atoms with E-state index in [0.717, 1.165) is 16.9 Å². The van der Waals surface area contributed by atoms with Crippen molar-refractivity contribution < 1.29 is 14.1 Å². The van der Waals surface area contributed by atoms with Crippen LogP contribution in [-0.2, 0) is 6.61 Å². The predicted octanol–water partition coefficient (Wildman–Crippen LogP) is 3.83. The zero-order valence-corrected chi connectivity index (χ0v) is 14.4. The minimum Gasteiger partial charge on any atom is -0.489 e. The fraction of sp³-hybridized carbons (Fsp3) is 0.211. The predicted molar refractivity (Wildman–Crippen MR) is 93.7 cm³/mol. The smallest absolute Gasteiger partial charge is 0.279 e. The van der Waals surface area contributed by atoms with Crippen molar-refractivity contribution in [3.63, 3.8) is 0 Å². The fourth-order valence-corrected chi connectivity index (χ4v) is 2.38. The number of benzene rings is 1. The number of aryl methyl sites for hydroxylation is 3. The number of anilines is 1. The molecule has 0 spiro atoms. The van der Waals surface area contributed by atoms with Crippen molar-refractivity contribution >= 4 is 11.7 Å². The molecule has 1 aromatic carbocycles. The lowest BCUT2D eigenvalue weighted by Crippen LogP contribution is -2.16. The van der Waals surface area contributed by atoms with Crippen LogP contribution in [0, 0.1) is 20.8 Å². The van der Waals surface area contributed by atoms with E-state index >= 15 is 0 Å². The van der Waals surface area contributed by atoms with Crippen LogP contribution in [-0.4, -0.2) is 16.0 Å². The summed E-state index contributed by atoms with van der Waals surface area (Å²) in [5.41, 5.74) is 2.92. The molecule has 0 atom stereocenters. The first kappa shape index (κ1) is 16.7. The molecule has 0 unspecified atom stereocenters. The number of hydrogen-bond donors (Lipinski definition) is 1. The molecule has 0 aliphatic carbocycles. The highest BCUT2D eigenvalue weighted by atomic mass is 16.5. The van der Waals surface area contributed by atoms with Crippen molar-refractivity contribution in [1.29, 1.82) is 0 Å². The highest BCUT2D eigenvalue weighted by Gasteiger charge is 2.21. The third-order valence-electron chi connectivity index (χ3n) is 3.73. The van der Waals surface area contributed by atoms with Crippen molar-refractivity contribution in [3.05, 3.63) is 70.7 Å². The lowest BCUT2D eigenvalue weighted by molar-refractivity contribution is 0.101. The van der Waals surface area contributed by atoms with E-state index in [-0.39, 0.29) is 18.2 Å². The van der Waals surface area contributed by atoms with Gasteiger partial charge in [0.25, 0.3) is 5.91 Å². The quantitative estimate of drug-likeness (QED) is 0.766. The number of hydrogen-bond acceptors (Lipinski definition) is 5. The minimum absolute atomic E-state index is 0.197. The number of rotatable bonds is 5. The van der Waals surface area contributed by atoms with Crippen molar-refractivity contribution in [1.82, 2.24) is 10.1 Å². The van der Waals surface area contributed by atoms with Gasteiger partial charge in [0.05, 0.1) is 5.56 Å². The van der Waals surface area contributed by atoms with Crippen LogP contribution in [0.1, 0.15) is 32.9 Å². The molecule has 2 heterocycles. The average molecular weight is 337 g/mol. The molecule has 0 aliphatic rings. The molecular weight excluding hydrogens is 318 g/mol. The van der Waals surface area contributed by atoms with Crippen LogP contribution in [0.4, 0.5) is 5.82 Å². The SMILES string of the molecule is Cc1cccc(OCc2c(C(=O)Nc3cc(C)ccn3)noc2C)c1. The number of carbonyl (C=O) groups excluding carboxylic acids is 1. The number of nitrogens with zero attached hydrogens (tertiary/aromatic N) is 2. The Hall–Kier alpha value is -3.15. The lowest BCUT2D eigenvalue weighted by atomic mass is 10.2. The van der Waals surface area contributed by atoms with Crippen LogP contribution in [0.2, 0.25) is 0 Å². The van der Waals surface area contributed by atoms with E-state index in [2.05, 4.69) is 15.5 Å². The fourth-order valence-electron chi connectivity index (χ4n) is 2.38. The van der Waals surface area contributed by atoms with Crippen molar-refractivity contribution in [2.75, 3.05) is 5.32 Å². The zero-order chi connectivity index (χ0) is 17.8. The number of ether oxygens (including phenoxy) is 1. The van der Waals surface area contributed by atoms with Crippen LogP contribution >= 0.6 is 0 Å². The van der Waals surface area contributed by atoms with Gasteiger partial charge in [-0.25, -0.2) is 4.98 Å². The second-order valence-electron chi connectivity index (χ2n) is 5.84. The maximum atomic E-state index is 12.5. The van der Waals surface area contributed by atoms with E-state index in [0.29, 0.717) is 17.1 Å². The standard InChI is InChI=1S/C19H19N3O3/c1-12-5-4-6-15(9-12)24-11-16-14(3)25-22-18(16)19(23)21-17-10-13(2)7-8-20-17/h4-10H,11H2,1-3H3,(H,20,21,23). The Kier molecular flexibility index (Phi) is 4.79. The van der Waals surface area contributed by atoms with E-state index in [4.69, 9.17) is 9.26 Å². The summed E-state index contributed by atoms with van der Waals surface area (Å²) in [5.74, 6) is 1.37. The lowest BCUT2D eigenvalue weighted by Gasteiger charge is -2.08. The molecule has 128 valence electrons. The molecule has 0 bridgehead atoms. The molecule has 0 fully saturated rings. The van der Waals surface area contributed by atoms with Gasteiger partial charge in [-0.05, 0) is 56.2 Å². The molecule has 3 rings (SSSR count). The summed E-state index contributed by atoms with van der Waals surface area (Å²) in [6.45, 7) is 5.87. The largest absolute Gasteiger partial charge is 0.489 e. The summed E-state index contributed by atoms with van der Waals surface area (Å²) < 4.78 is 11.0. The van der Waals surface area contributed by atoms with Gasteiger partial charge in [-0.1, -0.05) is 17.3 Å². The Morgan fingerprint density at radius 1 is 1.16 bits per heavy atom. The van der Waals surface area contributed by atoms with E-state index in [1.54, 1.807) is 19.2 Å². The van der Waals surface area contributed by atoms with Gasteiger partial charge < -0.3 is 14.6 Å². The number of pyridine rings is 1. The Balaban J connectivity index is 1.75. The zero-order valence-electron chi connectivity index (χ0n) is 14.4. The van der Waals surface area contributed by atoms with Crippen molar-refractivity contribution in [3.8, 4) is 5.75 Å². The molecule has 6 heteroatoms. The minimum atomic E-state index is -0.377. The molecule has 0 aliphatic heterocycles. The topological polar surface area (TPSA) is 77.2 Å². The summed E-state index contributed by atoms with van der Waals surface area (Å²) in [6, 6.07) is 11.4. The molecular formula is C19H19N3O3. The highest BCUT2D eigenvalue weighted by molar-refractivity contribution is 6.03. The van der Waals surface area contributed by atoms with Gasteiger partial charge in [-0.3, -0.25) is 4.79 Å². The second kappa shape index (κ2) is 7.17. The highest BCUT2D eigenvalue weighted by Crippen LogP contribution is 2.19. The first-order valence-corrected chi connectivity index (χ1v) is 7.91. The average Bonchev–Trinajstić information content (AvgIpc) is 2.94. The van der Waals surface area contributed by atoms with Gasteiger partial charge >= 0.3 is 0 Å². The Bertz CT molecular complexity index is 902. The summed E-state index contributed by atoms with van der Waals surface area (Å²) in [5, 5.41) is 6.60. The first-order chi connectivity index (χ1) is 12.0. The third kappa shape index (κ3) is 4.03. The van der Waals surface area contributed by atoms with Gasteiger partial charge in [0.2, 0.25) is 0 Å². The number of amides is 1. The van der Waals surface area contributed by atoms with Crippen molar-refractivity contribution in [2.45, 2.75) is 27.4 Å². The molecule has 0 saturated carbocycles. The van der Waals surface area contributed by atoms with Crippen LogP contribution < -0.4 is 10.1 Å². The summed E-state index contributed by atoms with van der Waals surface area (Å²) >= 11 is 0. The Labute approximate surface area is 145 Å². The Morgan fingerprint density at radius 3 is 2.72 bits per heavy atom. The summed E-state index contributed by atoms with van der Waals surface area (Å²) in [7, 11) is 0. The van der Waals surface area contributed by atoms with E-state index in [9.17, 15) is 4.79 Å². The first-order valence-electron chi connectivity index (χ1n) is 7.91. The van der Waals surface area contributed by atoms with E-state index in [1.807, 2.05) is 44.2 Å². The number of aromatic nitrogens is 2.